The van der Waals surface area contributed by atoms with Crippen molar-refractivity contribution < 1.29 is 0 Å². The molecule has 3 heteroatoms. The van der Waals surface area contributed by atoms with Gasteiger partial charge in [-0.05, 0) is 50.7 Å². The maximum Gasteiger partial charge on any atom is 0.0940 e. The average Bonchev–Trinajstić information content (AvgIpc) is 2.50. The second-order valence-electron chi connectivity index (χ2n) is 4.32. The predicted octanol–water partition coefficient (Wildman–Crippen LogP) is 2.62. The highest BCUT2D eigenvalue weighted by molar-refractivity contribution is 7.14. The van der Waals surface area contributed by atoms with Gasteiger partial charge in [0.2, 0.25) is 0 Å². The Kier molecular flexibility index (Phi) is 3.56. The van der Waals surface area contributed by atoms with Crippen LogP contribution in [-0.4, -0.2) is 19.1 Å². The molecule has 1 rings (SSSR count). The Morgan fingerprint density at radius 1 is 1.50 bits per heavy atom. The Bertz CT molecular complexity index is 291. The van der Waals surface area contributed by atoms with E-state index in [4.69, 9.17) is 5.73 Å². The van der Waals surface area contributed by atoms with Crippen molar-refractivity contribution in [1.29, 1.82) is 0 Å². The van der Waals surface area contributed by atoms with Gasteiger partial charge in [-0.1, -0.05) is 0 Å². The monoisotopic (exact) mass is 212 g/mol. The summed E-state index contributed by atoms with van der Waals surface area (Å²) in [4.78, 5) is 2.33. The van der Waals surface area contributed by atoms with Crippen LogP contribution in [0.25, 0.3) is 0 Å². The van der Waals surface area contributed by atoms with Gasteiger partial charge in [-0.3, -0.25) is 0 Å². The van der Waals surface area contributed by atoms with E-state index in [0.717, 1.165) is 13.0 Å². The van der Waals surface area contributed by atoms with E-state index in [-0.39, 0.29) is 5.54 Å². The fourth-order valence-electron chi connectivity index (χ4n) is 1.50. The second kappa shape index (κ2) is 4.32. The van der Waals surface area contributed by atoms with Crippen LogP contribution in [0.5, 0.6) is 0 Å². The highest BCUT2D eigenvalue weighted by atomic mass is 32.1. The van der Waals surface area contributed by atoms with E-state index in [1.165, 1.54) is 10.6 Å². The highest BCUT2D eigenvalue weighted by Crippen LogP contribution is 2.31. The number of rotatable bonds is 4. The molecule has 0 unspecified atom stereocenters. The van der Waals surface area contributed by atoms with Crippen LogP contribution in [0.15, 0.2) is 11.4 Å². The number of nitrogens with two attached hydrogens (primary N) is 1. The first-order valence-corrected chi connectivity index (χ1v) is 5.85. The molecule has 0 aliphatic carbocycles. The normalized spacial score (nSPS) is 11.8. The van der Waals surface area contributed by atoms with Crippen LogP contribution in [0.1, 0.15) is 25.8 Å². The van der Waals surface area contributed by atoms with Gasteiger partial charge in [-0.25, -0.2) is 0 Å². The molecule has 0 saturated carbocycles. The van der Waals surface area contributed by atoms with Crippen molar-refractivity contribution >= 4 is 16.3 Å². The first-order valence-electron chi connectivity index (χ1n) is 4.97. The van der Waals surface area contributed by atoms with E-state index < -0.39 is 0 Å². The molecule has 0 saturated heterocycles. The zero-order valence-electron chi connectivity index (χ0n) is 9.50. The molecule has 0 spiro atoms. The largest absolute Gasteiger partial charge is 0.361 e. The zero-order valence-corrected chi connectivity index (χ0v) is 10.3. The van der Waals surface area contributed by atoms with Gasteiger partial charge in [0.15, 0.2) is 0 Å². The molecule has 0 aromatic carbocycles. The van der Waals surface area contributed by atoms with Gasteiger partial charge in [-0.2, -0.15) is 0 Å². The molecule has 1 aromatic heterocycles. The SMILES string of the molecule is Cc1ccsc1N(C)C(C)(C)CCN. The number of thiophene rings is 1. The Morgan fingerprint density at radius 2 is 2.14 bits per heavy atom. The van der Waals surface area contributed by atoms with Crippen molar-refractivity contribution in [3.8, 4) is 0 Å². The lowest BCUT2D eigenvalue weighted by Gasteiger charge is -2.36. The van der Waals surface area contributed by atoms with Crippen LogP contribution >= 0.6 is 11.3 Å². The second-order valence-corrected chi connectivity index (χ2v) is 5.21. The molecule has 14 heavy (non-hydrogen) atoms. The van der Waals surface area contributed by atoms with Gasteiger partial charge in [0.1, 0.15) is 0 Å². The summed E-state index contributed by atoms with van der Waals surface area (Å²) in [7, 11) is 2.15. The van der Waals surface area contributed by atoms with Gasteiger partial charge in [0.25, 0.3) is 0 Å². The van der Waals surface area contributed by atoms with Gasteiger partial charge in [0, 0.05) is 12.6 Å². The molecule has 0 aliphatic rings. The van der Waals surface area contributed by atoms with E-state index in [9.17, 15) is 0 Å². The van der Waals surface area contributed by atoms with E-state index in [1.807, 2.05) is 0 Å². The molecule has 2 N–H and O–H groups in total. The van der Waals surface area contributed by atoms with Crippen molar-refractivity contribution in [2.75, 3.05) is 18.5 Å². The first-order chi connectivity index (χ1) is 6.49. The van der Waals surface area contributed by atoms with Crippen molar-refractivity contribution in [3.05, 3.63) is 17.0 Å². The predicted molar refractivity (Wildman–Crippen MR) is 65.2 cm³/mol. The maximum atomic E-state index is 5.62. The van der Waals surface area contributed by atoms with Crippen molar-refractivity contribution in [2.24, 2.45) is 5.73 Å². The Balaban J connectivity index is 2.84. The first kappa shape index (κ1) is 11.5. The molecule has 0 atom stereocenters. The molecule has 0 bridgehead atoms. The van der Waals surface area contributed by atoms with Crippen LogP contribution in [-0.2, 0) is 0 Å². The molecule has 80 valence electrons. The molecule has 0 fully saturated rings. The third-order valence-electron chi connectivity index (χ3n) is 2.80. The fraction of sp³-hybridized carbons (Fsp3) is 0.636. The smallest absolute Gasteiger partial charge is 0.0940 e. The quantitative estimate of drug-likeness (QED) is 0.831. The van der Waals surface area contributed by atoms with Crippen molar-refractivity contribution in [1.82, 2.24) is 0 Å². The van der Waals surface area contributed by atoms with Crippen LogP contribution in [0.3, 0.4) is 0 Å². The molecule has 0 aliphatic heterocycles. The number of anilines is 1. The lowest BCUT2D eigenvalue weighted by molar-refractivity contribution is 0.458. The topological polar surface area (TPSA) is 29.3 Å². The summed E-state index contributed by atoms with van der Waals surface area (Å²) in [6.45, 7) is 7.36. The summed E-state index contributed by atoms with van der Waals surface area (Å²) in [5.41, 5.74) is 7.11. The summed E-state index contributed by atoms with van der Waals surface area (Å²) >= 11 is 1.80. The average molecular weight is 212 g/mol. The standard InChI is InChI=1S/C11H20N2S/c1-9-5-8-14-10(9)13(4)11(2,3)6-7-12/h5,8H,6-7,12H2,1-4H3. The lowest BCUT2D eigenvalue weighted by atomic mass is 9.99. The lowest BCUT2D eigenvalue weighted by Crippen LogP contribution is -2.42. The summed E-state index contributed by atoms with van der Waals surface area (Å²) in [5, 5.41) is 3.49. The minimum absolute atomic E-state index is 0.143. The Hall–Kier alpha value is -0.540. The van der Waals surface area contributed by atoms with Crippen LogP contribution in [0.4, 0.5) is 5.00 Å². The van der Waals surface area contributed by atoms with Crippen molar-refractivity contribution in [2.45, 2.75) is 32.7 Å². The number of hydrogen-bond donors (Lipinski definition) is 1. The van der Waals surface area contributed by atoms with Crippen LogP contribution in [0, 0.1) is 6.92 Å². The number of aryl methyl sites for hydroxylation is 1. The minimum atomic E-state index is 0.143. The maximum absolute atomic E-state index is 5.62. The van der Waals surface area contributed by atoms with Crippen LogP contribution in [0.2, 0.25) is 0 Å². The van der Waals surface area contributed by atoms with E-state index in [1.54, 1.807) is 11.3 Å². The molecular weight excluding hydrogens is 192 g/mol. The molecule has 0 radical (unpaired) electrons. The summed E-state index contributed by atoms with van der Waals surface area (Å²) in [5.74, 6) is 0. The third kappa shape index (κ3) is 2.28. The Morgan fingerprint density at radius 3 is 2.57 bits per heavy atom. The molecule has 1 aromatic rings. The number of hydrogen-bond acceptors (Lipinski definition) is 3. The summed E-state index contributed by atoms with van der Waals surface area (Å²) in [6.07, 6.45) is 1.01. The van der Waals surface area contributed by atoms with E-state index >= 15 is 0 Å². The van der Waals surface area contributed by atoms with E-state index in [0.29, 0.717) is 0 Å². The Labute approximate surface area is 90.7 Å². The molecule has 1 heterocycles. The van der Waals surface area contributed by atoms with Gasteiger partial charge in [-0.15, -0.1) is 11.3 Å². The fourth-order valence-corrected chi connectivity index (χ4v) is 2.56. The minimum Gasteiger partial charge on any atom is -0.361 e. The summed E-state index contributed by atoms with van der Waals surface area (Å²) in [6, 6.07) is 2.16. The zero-order chi connectivity index (χ0) is 10.8. The van der Waals surface area contributed by atoms with Crippen LogP contribution < -0.4 is 10.6 Å². The number of nitrogens with zero attached hydrogens (tertiary/aromatic N) is 1. The van der Waals surface area contributed by atoms with Crippen molar-refractivity contribution in [3.63, 3.8) is 0 Å². The molecule has 0 amide bonds. The molecule has 2 nitrogen and oxygen atoms in total. The van der Waals surface area contributed by atoms with E-state index in [2.05, 4.69) is 44.2 Å². The summed E-state index contributed by atoms with van der Waals surface area (Å²) < 4.78 is 0. The van der Waals surface area contributed by atoms with Gasteiger partial charge in [0.05, 0.1) is 5.00 Å². The molecular formula is C11H20N2S. The van der Waals surface area contributed by atoms with Gasteiger partial charge < -0.3 is 10.6 Å². The third-order valence-corrected chi connectivity index (χ3v) is 3.90. The van der Waals surface area contributed by atoms with Gasteiger partial charge >= 0.3 is 0 Å². The highest BCUT2D eigenvalue weighted by Gasteiger charge is 2.24.